The summed E-state index contributed by atoms with van der Waals surface area (Å²) in [6.45, 7) is 0. The van der Waals surface area contributed by atoms with Gasteiger partial charge in [-0.1, -0.05) is 0 Å². The van der Waals surface area contributed by atoms with Crippen LogP contribution in [-0.4, -0.2) is 12.1 Å². The first-order valence-corrected chi connectivity index (χ1v) is 4.34. The molecule has 0 atom stereocenters. The third kappa shape index (κ3) is 11.2. The van der Waals surface area contributed by atoms with Crippen LogP contribution in [0.25, 0.3) is 0 Å². The topological polar surface area (TPSA) is 40.1 Å². The normalized spacial score (nSPS) is 10.1. The van der Waals surface area contributed by atoms with Crippen molar-refractivity contribution in [3.8, 4) is 0 Å². The van der Waals surface area contributed by atoms with Gasteiger partial charge in [-0.15, -0.1) is 0 Å². The number of carboxylic acids is 1. The molecule has 0 heterocycles. The van der Waals surface area contributed by atoms with Crippen molar-refractivity contribution in [2.24, 2.45) is 0 Å². The molecule has 8 heteroatoms. The molecule has 10 heavy (non-hydrogen) atoms. The van der Waals surface area contributed by atoms with Gasteiger partial charge in [0.1, 0.15) is 5.97 Å². The molecule has 0 aliphatic carbocycles. The van der Waals surface area contributed by atoms with E-state index >= 15 is 0 Å². The van der Waals surface area contributed by atoms with Gasteiger partial charge in [0.2, 0.25) is 0 Å². The number of carbonyl (C=O) groups excluding carboxylic acids is 1. The Kier molecular flexibility index (Phi) is 7.89. The number of halogens is 5. The number of rotatable bonds is 0. The molecule has 0 saturated carbocycles. The van der Waals surface area contributed by atoms with Crippen molar-refractivity contribution in [1.29, 1.82) is 0 Å². The van der Waals surface area contributed by atoms with Gasteiger partial charge in [-0.3, -0.25) is 0 Å². The second kappa shape index (κ2) is 6.08. The summed E-state index contributed by atoms with van der Waals surface area (Å²) in [7, 11) is 9.47. The van der Waals surface area contributed by atoms with E-state index in [-0.39, 0.29) is 0 Å². The van der Waals surface area contributed by atoms with Crippen LogP contribution in [0.15, 0.2) is 0 Å². The van der Waals surface area contributed by atoms with Crippen LogP contribution >= 0.6 is 20.3 Å². The Balaban J connectivity index is 0. The Bertz CT molecular complexity index is 105. The fourth-order valence-electron chi connectivity index (χ4n) is 0. The molecule has 0 aromatic heterocycles. The van der Waals surface area contributed by atoms with Crippen molar-refractivity contribution in [3.05, 3.63) is 0 Å². The predicted molar refractivity (Wildman–Crippen MR) is 22.8 cm³/mol. The van der Waals surface area contributed by atoms with E-state index in [9.17, 15) is 13.2 Å². The van der Waals surface area contributed by atoms with E-state index in [2.05, 4.69) is 0 Å². The molecule has 0 N–H and O–H groups in total. The number of carboxylic acid groups (broad SMARTS) is 1. The molecular weight excluding hydrogens is 243 g/mol. The summed E-state index contributed by atoms with van der Waals surface area (Å²) in [4.78, 5) is 8.78. The van der Waals surface area contributed by atoms with Crippen molar-refractivity contribution in [2.45, 2.75) is 6.18 Å². The molecule has 0 spiro atoms. The van der Waals surface area contributed by atoms with Crippen molar-refractivity contribution < 1.29 is 36.0 Å². The Morgan fingerprint density at radius 2 is 1.50 bits per heavy atom. The van der Waals surface area contributed by atoms with Gasteiger partial charge >= 0.3 is 39.4 Å². The van der Waals surface area contributed by atoms with Gasteiger partial charge in [-0.05, 0) is 0 Å². The van der Waals surface area contributed by atoms with E-state index in [0.717, 1.165) is 0 Å². The SMILES string of the molecule is O=C([O-])C(F)(F)F.[Cl][Co+][Cl]. The van der Waals surface area contributed by atoms with E-state index in [4.69, 9.17) is 30.2 Å². The Morgan fingerprint density at radius 1 is 1.40 bits per heavy atom. The van der Waals surface area contributed by atoms with Gasteiger partial charge in [0.15, 0.2) is 0 Å². The molecule has 64 valence electrons. The van der Waals surface area contributed by atoms with Gasteiger partial charge in [0.25, 0.3) is 0 Å². The first-order valence-electron chi connectivity index (χ1n) is 1.48. The van der Waals surface area contributed by atoms with Crippen molar-refractivity contribution in [2.75, 3.05) is 0 Å². The number of hydrogen-bond donors (Lipinski definition) is 0. The summed E-state index contributed by atoms with van der Waals surface area (Å²) in [6, 6.07) is 0. The van der Waals surface area contributed by atoms with Crippen LogP contribution in [0.2, 0.25) is 0 Å². The molecule has 0 aromatic rings. The molecule has 0 unspecified atom stereocenters. The summed E-state index contributed by atoms with van der Waals surface area (Å²) in [5.74, 6) is -3.01. The number of aliphatic carboxylic acids is 1. The standard InChI is InChI=1S/C2HF3O2.2ClH.Co/c3-2(4,5)1(6)7;;;/h(H,6,7);2*1H;/q;;;+3/p-3. The predicted octanol–water partition coefficient (Wildman–Crippen LogP) is 0.675. The van der Waals surface area contributed by atoms with E-state index in [1.54, 1.807) is 0 Å². The summed E-state index contributed by atoms with van der Waals surface area (Å²) >= 11 is 0.382. The quantitative estimate of drug-likeness (QED) is 0.627. The molecule has 0 aromatic carbocycles. The minimum atomic E-state index is -5.19. The van der Waals surface area contributed by atoms with Crippen LogP contribution < -0.4 is 5.11 Å². The van der Waals surface area contributed by atoms with Crippen molar-refractivity contribution in [1.82, 2.24) is 0 Å². The van der Waals surface area contributed by atoms with Crippen molar-refractivity contribution in [3.63, 3.8) is 0 Å². The minimum absolute atomic E-state index is 0.382. The van der Waals surface area contributed by atoms with Crippen LogP contribution in [0.4, 0.5) is 13.2 Å². The zero-order valence-electron chi connectivity index (χ0n) is 4.04. The maximum atomic E-state index is 10.5. The molecule has 2 nitrogen and oxygen atoms in total. The molecule has 0 fully saturated rings. The molecular formula is C2Cl2CoF3O2. The third-order valence-electron chi connectivity index (χ3n) is 0.231. The number of alkyl halides is 3. The van der Waals surface area contributed by atoms with Gasteiger partial charge in [0.05, 0.1) is 0 Å². The Labute approximate surface area is 68.8 Å². The number of hydrogen-bond acceptors (Lipinski definition) is 2. The van der Waals surface area contributed by atoms with Gasteiger partial charge in [-0.25, -0.2) is 0 Å². The monoisotopic (exact) mass is 242 g/mol. The molecule has 0 saturated heterocycles. The molecule has 0 aliphatic rings. The summed E-state index contributed by atoms with van der Waals surface area (Å²) in [6.07, 6.45) is -5.19. The Morgan fingerprint density at radius 3 is 1.50 bits per heavy atom. The van der Waals surface area contributed by atoms with E-state index in [1.165, 1.54) is 0 Å². The average molecular weight is 243 g/mol. The fraction of sp³-hybridized carbons (Fsp3) is 0.500. The Hall–Kier alpha value is 0.346. The van der Waals surface area contributed by atoms with Gasteiger partial charge in [-0.2, -0.15) is 13.2 Å². The summed E-state index contributed by atoms with van der Waals surface area (Å²) in [5, 5.41) is 8.78. The van der Waals surface area contributed by atoms with Crippen LogP contribution in [0.1, 0.15) is 0 Å². The third-order valence-corrected chi connectivity index (χ3v) is 0.231. The van der Waals surface area contributed by atoms with Crippen molar-refractivity contribution >= 4 is 26.3 Å². The van der Waals surface area contributed by atoms with Gasteiger partial charge < -0.3 is 9.90 Å². The molecule has 0 amide bonds. The summed E-state index contributed by atoms with van der Waals surface area (Å²) in [5.41, 5.74) is 0. The van der Waals surface area contributed by atoms with Crippen LogP contribution in [-0.2, 0) is 17.7 Å². The maximum absolute atomic E-state index is 10.5. The van der Waals surface area contributed by atoms with E-state index in [0.29, 0.717) is 12.9 Å². The molecule has 0 aliphatic heterocycles. The second-order valence-corrected chi connectivity index (χ2v) is 2.55. The first-order chi connectivity index (χ1) is 4.36. The van der Waals surface area contributed by atoms with E-state index < -0.39 is 12.1 Å². The second-order valence-electron chi connectivity index (χ2n) is 0.833. The zero-order valence-corrected chi connectivity index (χ0v) is 6.59. The fourth-order valence-corrected chi connectivity index (χ4v) is 0. The van der Waals surface area contributed by atoms with E-state index in [1.807, 2.05) is 0 Å². The average Bonchev–Trinajstić information content (AvgIpc) is 1.64. The number of carbonyl (C=O) groups is 1. The van der Waals surface area contributed by atoms with Crippen LogP contribution in [0.5, 0.6) is 0 Å². The van der Waals surface area contributed by atoms with Gasteiger partial charge in [0, 0.05) is 0 Å². The zero-order chi connectivity index (χ0) is 8.78. The van der Waals surface area contributed by atoms with Crippen LogP contribution in [0, 0.1) is 0 Å². The summed E-state index contributed by atoms with van der Waals surface area (Å²) < 4.78 is 31.5. The molecule has 0 bridgehead atoms. The molecule has 0 rings (SSSR count). The first kappa shape index (κ1) is 13.0. The van der Waals surface area contributed by atoms with Crippen LogP contribution in [0.3, 0.4) is 0 Å². The molecule has 0 radical (unpaired) electrons.